The Morgan fingerprint density at radius 3 is 2.62 bits per heavy atom. The van der Waals surface area contributed by atoms with Crippen molar-refractivity contribution < 1.29 is 13.2 Å². The number of amides is 1. The second-order valence-electron chi connectivity index (χ2n) is 5.73. The van der Waals surface area contributed by atoms with E-state index in [0.29, 0.717) is 0 Å². The molecule has 3 rings (SSSR count). The largest absolute Gasteiger partial charge is 0.348 e. The smallest absolute Gasteiger partial charge is 0.251 e. The number of rotatable bonds is 5. The number of nitrogens with zero attached hydrogens (tertiary/aromatic N) is 2. The Kier molecular flexibility index (Phi) is 5.11. The summed E-state index contributed by atoms with van der Waals surface area (Å²) >= 11 is 5.90. The molecular weight excluding hydrogens is 374 g/mol. The Labute approximate surface area is 156 Å². The summed E-state index contributed by atoms with van der Waals surface area (Å²) in [5, 5.41) is 7.10. The Balaban J connectivity index is 1.71. The lowest BCUT2D eigenvalue weighted by molar-refractivity contribution is 0.0950. The van der Waals surface area contributed by atoms with Crippen molar-refractivity contribution in [3.8, 4) is 5.69 Å². The molecule has 0 saturated heterocycles. The van der Waals surface area contributed by atoms with E-state index in [-0.39, 0.29) is 27.9 Å². The lowest BCUT2D eigenvalue weighted by Crippen LogP contribution is -2.22. The molecule has 0 fully saturated rings. The maximum absolute atomic E-state index is 12.3. The molecule has 0 aliphatic carbocycles. The van der Waals surface area contributed by atoms with Gasteiger partial charge in [-0.05, 0) is 30.3 Å². The summed E-state index contributed by atoms with van der Waals surface area (Å²) < 4.78 is 25.2. The third kappa shape index (κ3) is 4.12. The van der Waals surface area contributed by atoms with E-state index in [1.807, 2.05) is 36.5 Å². The lowest BCUT2D eigenvalue weighted by Gasteiger charge is -2.07. The second kappa shape index (κ2) is 7.31. The molecule has 0 bridgehead atoms. The van der Waals surface area contributed by atoms with Crippen molar-refractivity contribution in [3.05, 3.63) is 77.1 Å². The van der Waals surface area contributed by atoms with Gasteiger partial charge < -0.3 is 5.32 Å². The first-order chi connectivity index (χ1) is 12.3. The quantitative estimate of drug-likeness (QED) is 0.727. The average molecular weight is 390 g/mol. The average Bonchev–Trinajstić information content (AvgIpc) is 3.09. The number of benzene rings is 2. The molecule has 0 aliphatic heterocycles. The van der Waals surface area contributed by atoms with Gasteiger partial charge in [-0.15, -0.1) is 0 Å². The van der Waals surface area contributed by atoms with E-state index >= 15 is 0 Å². The van der Waals surface area contributed by atoms with E-state index in [4.69, 9.17) is 11.6 Å². The maximum atomic E-state index is 12.3. The Morgan fingerprint density at radius 1 is 1.19 bits per heavy atom. The Morgan fingerprint density at radius 2 is 1.92 bits per heavy atom. The predicted molar refractivity (Wildman–Crippen MR) is 99.3 cm³/mol. The van der Waals surface area contributed by atoms with Gasteiger partial charge in [0.25, 0.3) is 5.91 Å². The number of carbonyl (C=O) groups is 1. The van der Waals surface area contributed by atoms with E-state index in [1.54, 1.807) is 10.9 Å². The topological polar surface area (TPSA) is 81.1 Å². The first kappa shape index (κ1) is 18.2. The first-order valence-corrected chi connectivity index (χ1v) is 9.98. The van der Waals surface area contributed by atoms with Crippen LogP contribution in [0.3, 0.4) is 0 Å². The number of para-hydroxylation sites is 1. The molecule has 3 aromatic rings. The molecule has 0 spiro atoms. The van der Waals surface area contributed by atoms with Crippen molar-refractivity contribution in [2.24, 2.45) is 0 Å². The van der Waals surface area contributed by atoms with Crippen LogP contribution in [0, 0.1) is 0 Å². The minimum atomic E-state index is -3.51. The molecular formula is C18H16ClN3O3S. The Bertz CT molecular complexity index is 1050. The summed E-state index contributed by atoms with van der Waals surface area (Å²) in [5.41, 5.74) is 1.96. The molecule has 1 amide bonds. The number of halogens is 1. The number of carbonyl (C=O) groups excluding carboxylic acids is 1. The fraction of sp³-hybridized carbons (Fsp3) is 0.111. The summed E-state index contributed by atoms with van der Waals surface area (Å²) in [6, 6.07) is 13.8. The van der Waals surface area contributed by atoms with Crippen molar-refractivity contribution >= 4 is 27.3 Å². The van der Waals surface area contributed by atoms with Gasteiger partial charge in [-0.2, -0.15) is 5.10 Å². The van der Waals surface area contributed by atoms with Crippen LogP contribution >= 0.6 is 11.6 Å². The summed E-state index contributed by atoms with van der Waals surface area (Å²) in [4.78, 5) is 12.2. The molecule has 8 heteroatoms. The van der Waals surface area contributed by atoms with Crippen LogP contribution in [0.2, 0.25) is 5.02 Å². The van der Waals surface area contributed by atoms with Gasteiger partial charge in [-0.3, -0.25) is 4.79 Å². The summed E-state index contributed by atoms with van der Waals surface area (Å²) in [5.74, 6) is -0.390. The fourth-order valence-corrected chi connectivity index (χ4v) is 3.69. The van der Waals surface area contributed by atoms with Crippen LogP contribution in [0.1, 0.15) is 15.9 Å². The number of nitrogens with one attached hydrogen (secondary N) is 1. The minimum Gasteiger partial charge on any atom is -0.348 e. The third-order valence-electron chi connectivity index (χ3n) is 3.70. The van der Waals surface area contributed by atoms with Gasteiger partial charge in [-0.25, -0.2) is 13.1 Å². The van der Waals surface area contributed by atoms with Gasteiger partial charge in [0, 0.05) is 30.1 Å². The van der Waals surface area contributed by atoms with Crippen molar-refractivity contribution in [1.82, 2.24) is 15.1 Å². The van der Waals surface area contributed by atoms with Crippen LogP contribution in [-0.4, -0.2) is 30.4 Å². The highest BCUT2D eigenvalue weighted by Crippen LogP contribution is 2.22. The van der Waals surface area contributed by atoms with E-state index < -0.39 is 9.84 Å². The zero-order valence-corrected chi connectivity index (χ0v) is 15.5. The molecule has 0 unspecified atom stereocenters. The molecule has 0 aliphatic rings. The number of sulfone groups is 1. The van der Waals surface area contributed by atoms with Gasteiger partial charge in [0.2, 0.25) is 0 Å². The van der Waals surface area contributed by atoms with E-state index in [0.717, 1.165) is 17.5 Å². The minimum absolute atomic E-state index is 0.0660. The van der Waals surface area contributed by atoms with Gasteiger partial charge in [-0.1, -0.05) is 29.8 Å². The number of aromatic nitrogens is 2. The highest BCUT2D eigenvalue weighted by Gasteiger charge is 2.16. The van der Waals surface area contributed by atoms with Gasteiger partial charge in [0.05, 0.1) is 21.8 Å². The third-order valence-corrected chi connectivity index (χ3v) is 5.28. The van der Waals surface area contributed by atoms with Gasteiger partial charge in [0.15, 0.2) is 9.84 Å². The molecule has 6 nitrogen and oxygen atoms in total. The lowest BCUT2D eigenvalue weighted by atomic mass is 10.2. The van der Waals surface area contributed by atoms with Crippen LogP contribution < -0.4 is 5.32 Å². The highest BCUT2D eigenvalue weighted by molar-refractivity contribution is 7.90. The van der Waals surface area contributed by atoms with E-state index in [1.165, 1.54) is 18.2 Å². The molecule has 1 aromatic heterocycles. The highest BCUT2D eigenvalue weighted by atomic mass is 35.5. The van der Waals surface area contributed by atoms with Crippen molar-refractivity contribution in [1.29, 1.82) is 0 Å². The maximum Gasteiger partial charge on any atom is 0.251 e. The molecule has 0 radical (unpaired) electrons. The van der Waals surface area contributed by atoms with Crippen molar-refractivity contribution in [2.45, 2.75) is 11.4 Å². The molecule has 26 heavy (non-hydrogen) atoms. The van der Waals surface area contributed by atoms with Crippen molar-refractivity contribution in [3.63, 3.8) is 0 Å². The predicted octanol–water partition coefficient (Wildman–Crippen LogP) is 2.86. The SMILES string of the molecule is CS(=O)(=O)c1cc(C(=O)NCc2cnn(-c3ccccc3)c2)ccc1Cl. The van der Waals surface area contributed by atoms with Crippen molar-refractivity contribution in [2.75, 3.05) is 6.26 Å². The molecule has 134 valence electrons. The second-order valence-corrected chi connectivity index (χ2v) is 8.12. The zero-order chi connectivity index (χ0) is 18.7. The number of hydrogen-bond donors (Lipinski definition) is 1. The molecule has 0 saturated carbocycles. The molecule has 1 N–H and O–H groups in total. The van der Waals surface area contributed by atoms with Crippen LogP contribution in [0.25, 0.3) is 5.69 Å². The van der Waals surface area contributed by atoms with Gasteiger partial charge >= 0.3 is 0 Å². The van der Waals surface area contributed by atoms with Crippen LogP contribution in [-0.2, 0) is 16.4 Å². The summed E-state index contributed by atoms with van der Waals surface area (Å²) in [6.45, 7) is 0.266. The van der Waals surface area contributed by atoms with Crippen LogP contribution in [0.4, 0.5) is 0 Å². The Hall–Kier alpha value is -2.64. The normalized spacial score (nSPS) is 11.3. The monoisotopic (exact) mass is 389 g/mol. The fourth-order valence-electron chi connectivity index (χ4n) is 2.39. The molecule has 1 heterocycles. The standard InChI is InChI=1S/C18H16ClN3O3S/c1-26(24,25)17-9-14(7-8-16(17)19)18(23)20-10-13-11-21-22(12-13)15-5-3-2-4-6-15/h2-9,11-12H,10H2,1H3,(H,20,23). The molecule has 0 atom stereocenters. The molecule has 2 aromatic carbocycles. The summed E-state index contributed by atoms with van der Waals surface area (Å²) in [6.07, 6.45) is 4.53. The van der Waals surface area contributed by atoms with E-state index in [2.05, 4.69) is 10.4 Å². The van der Waals surface area contributed by atoms with E-state index in [9.17, 15) is 13.2 Å². The first-order valence-electron chi connectivity index (χ1n) is 7.71. The van der Waals surface area contributed by atoms with Crippen LogP contribution in [0.15, 0.2) is 65.8 Å². The number of hydrogen-bond acceptors (Lipinski definition) is 4. The zero-order valence-electron chi connectivity index (χ0n) is 13.9. The van der Waals surface area contributed by atoms with Gasteiger partial charge in [0.1, 0.15) is 0 Å². The summed E-state index contributed by atoms with van der Waals surface area (Å²) in [7, 11) is -3.51. The van der Waals surface area contributed by atoms with Crippen LogP contribution in [0.5, 0.6) is 0 Å².